The van der Waals surface area contributed by atoms with E-state index in [1.807, 2.05) is 0 Å². The minimum atomic E-state index is -1.25. The molecule has 1 rings (SSSR count). The summed E-state index contributed by atoms with van der Waals surface area (Å²) in [6.07, 6.45) is -2.31. The maximum absolute atomic E-state index is 10.5. The summed E-state index contributed by atoms with van der Waals surface area (Å²) in [6, 6.07) is 3.34. The predicted octanol–water partition coefficient (Wildman–Crippen LogP) is 0.429. The van der Waals surface area contributed by atoms with Gasteiger partial charge in [0.25, 0.3) is 0 Å². The molecule has 0 aliphatic heterocycles. The molecule has 0 saturated carbocycles. The van der Waals surface area contributed by atoms with Crippen LogP contribution < -0.4 is 5.73 Å². The average Bonchev–Trinajstić information content (AvgIpc) is 2.26. The molecule has 0 bridgehead atoms. The van der Waals surface area contributed by atoms with Gasteiger partial charge in [-0.15, -0.1) is 0 Å². The Kier molecular flexibility index (Phi) is 3.83. The second-order valence-electron chi connectivity index (χ2n) is 3.15. The van der Waals surface area contributed by atoms with Crippen molar-refractivity contribution in [3.63, 3.8) is 0 Å². The lowest BCUT2D eigenvalue weighted by molar-refractivity contribution is -0.386. The van der Waals surface area contributed by atoms with Crippen LogP contribution in [-0.4, -0.2) is 27.8 Å². The van der Waals surface area contributed by atoms with Gasteiger partial charge in [0.15, 0.2) is 5.75 Å². The Bertz CT molecular complexity index is 447. The van der Waals surface area contributed by atoms with E-state index in [0.29, 0.717) is 0 Å². The van der Waals surface area contributed by atoms with E-state index in [1.165, 1.54) is 6.07 Å². The first kappa shape index (κ1) is 12.7. The van der Waals surface area contributed by atoms with E-state index in [2.05, 4.69) is 4.74 Å². The number of phenols is 1. The van der Waals surface area contributed by atoms with Gasteiger partial charge in [-0.05, 0) is 11.6 Å². The lowest BCUT2D eigenvalue weighted by atomic mass is 10.1. The number of aliphatic hydroxyl groups excluding tert-OH is 1. The van der Waals surface area contributed by atoms with Gasteiger partial charge in [0.05, 0.1) is 4.92 Å². The van der Waals surface area contributed by atoms with Crippen LogP contribution in [0.1, 0.15) is 11.7 Å². The maximum Gasteiger partial charge on any atom is 0.404 e. The van der Waals surface area contributed by atoms with Gasteiger partial charge < -0.3 is 20.7 Å². The molecule has 1 aromatic carbocycles. The molecule has 4 N–H and O–H groups in total. The fraction of sp³-hybridized carbons (Fsp3) is 0.222. The highest BCUT2D eigenvalue weighted by Gasteiger charge is 2.18. The molecule has 0 aliphatic rings. The Hall–Kier alpha value is -2.35. The fourth-order valence-corrected chi connectivity index (χ4v) is 1.15. The quantitative estimate of drug-likeness (QED) is 0.517. The molecule has 92 valence electrons. The van der Waals surface area contributed by atoms with Crippen LogP contribution in [0.5, 0.6) is 5.75 Å². The second kappa shape index (κ2) is 5.12. The summed E-state index contributed by atoms with van der Waals surface area (Å²) in [7, 11) is 0. The van der Waals surface area contributed by atoms with E-state index in [-0.39, 0.29) is 5.56 Å². The third-order valence-corrected chi connectivity index (χ3v) is 1.96. The predicted molar refractivity (Wildman–Crippen MR) is 55.3 cm³/mol. The van der Waals surface area contributed by atoms with E-state index in [1.54, 1.807) is 0 Å². The fourth-order valence-electron chi connectivity index (χ4n) is 1.15. The summed E-state index contributed by atoms with van der Waals surface area (Å²) in [5.41, 5.74) is 4.29. The van der Waals surface area contributed by atoms with Crippen LogP contribution in [0.4, 0.5) is 10.5 Å². The number of carbonyl (C=O) groups is 1. The number of benzene rings is 1. The Morgan fingerprint density at radius 1 is 1.59 bits per heavy atom. The minimum Gasteiger partial charge on any atom is -0.502 e. The number of nitrogens with two attached hydrogens (primary N) is 1. The molecule has 1 aromatic rings. The molecule has 0 saturated heterocycles. The van der Waals surface area contributed by atoms with E-state index < -0.39 is 35.2 Å². The molecule has 8 nitrogen and oxygen atoms in total. The number of rotatable bonds is 4. The molecule has 1 amide bonds. The molecule has 0 spiro atoms. The van der Waals surface area contributed by atoms with Crippen LogP contribution in [0.3, 0.4) is 0 Å². The first-order valence-corrected chi connectivity index (χ1v) is 4.49. The van der Waals surface area contributed by atoms with Gasteiger partial charge >= 0.3 is 11.8 Å². The van der Waals surface area contributed by atoms with Crippen molar-refractivity contribution in [3.05, 3.63) is 33.9 Å². The lowest BCUT2D eigenvalue weighted by Crippen LogP contribution is -2.17. The van der Waals surface area contributed by atoms with Crippen LogP contribution in [0.2, 0.25) is 0 Å². The molecule has 0 fully saturated rings. The summed E-state index contributed by atoms with van der Waals surface area (Å²) < 4.78 is 4.35. The highest BCUT2D eigenvalue weighted by molar-refractivity contribution is 5.64. The number of nitro benzene ring substituents is 1. The van der Waals surface area contributed by atoms with Crippen molar-refractivity contribution in [2.45, 2.75) is 6.10 Å². The standard InChI is InChI=1S/C9H10N2O6/c10-9(14)17-4-8(13)5-1-2-7(12)6(3-5)11(15)16/h1-3,8,12-13H,4H2,(H2,10,14)/t8-/m1/s1. The minimum absolute atomic E-state index is 0.135. The summed E-state index contributed by atoms with van der Waals surface area (Å²) in [5, 5.41) is 29.2. The first-order chi connectivity index (χ1) is 7.91. The Labute approximate surface area is 95.4 Å². The van der Waals surface area contributed by atoms with Crippen molar-refractivity contribution in [3.8, 4) is 5.75 Å². The maximum atomic E-state index is 10.5. The van der Waals surface area contributed by atoms with E-state index >= 15 is 0 Å². The van der Waals surface area contributed by atoms with Crippen molar-refractivity contribution in [1.82, 2.24) is 0 Å². The number of primary amides is 1. The molecule has 0 aliphatic carbocycles. The van der Waals surface area contributed by atoms with E-state index in [0.717, 1.165) is 12.1 Å². The smallest absolute Gasteiger partial charge is 0.404 e. The molecule has 0 unspecified atom stereocenters. The number of hydrogen-bond acceptors (Lipinski definition) is 6. The Morgan fingerprint density at radius 2 is 2.24 bits per heavy atom. The van der Waals surface area contributed by atoms with Crippen LogP contribution in [0.25, 0.3) is 0 Å². The monoisotopic (exact) mass is 242 g/mol. The lowest BCUT2D eigenvalue weighted by Gasteiger charge is -2.10. The molecule has 0 heterocycles. The first-order valence-electron chi connectivity index (χ1n) is 4.49. The zero-order valence-electron chi connectivity index (χ0n) is 8.57. The summed E-state index contributed by atoms with van der Waals surface area (Å²) in [4.78, 5) is 20.0. The third kappa shape index (κ3) is 3.31. The molecule has 0 radical (unpaired) electrons. The second-order valence-corrected chi connectivity index (χ2v) is 3.15. The number of phenolic OH excluding ortho intramolecular Hbond substituents is 1. The van der Waals surface area contributed by atoms with Crippen LogP contribution >= 0.6 is 0 Å². The van der Waals surface area contributed by atoms with Crippen LogP contribution in [-0.2, 0) is 4.74 Å². The average molecular weight is 242 g/mol. The third-order valence-electron chi connectivity index (χ3n) is 1.96. The van der Waals surface area contributed by atoms with E-state index in [4.69, 9.17) is 5.73 Å². The molecule has 17 heavy (non-hydrogen) atoms. The van der Waals surface area contributed by atoms with Gasteiger partial charge in [-0.3, -0.25) is 10.1 Å². The molecule has 1 atom stereocenters. The highest BCUT2D eigenvalue weighted by atomic mass is 16.6. The van der Waals surface area contributed by atoms with Crippen molar-refractivity contribution in [2.24, 2.45) is 5.73 Å². The SMILES string of the molecule is NC(=O)OC[C@@H](O)c1ccc(O)c([N+](=O)[O-])c1. The number of amides is 1. The molecular weight excluding hydrogens is 232 g/mol. The number of carbonyl (C=O) groups excluding carboxylic acids is 1. The van der Waals surface area contributed by atoms with Gasteiger partial charge in [-0.25, -0.2) is 4.79 Å². The summed E-state index contributed by atoms with van der Waals surface area (Å²) in [6.45, 7) is -0.419. The zero-order valence-corrected chi connectivity index (χ0v) is 8.57. The van der Waals surface area contributed by atoms with Gasteiger partial charge in [0, 0.05) is 6.07 Å². The van der Waals surface area contributed by atoms with Crippen molar-refractivity contribution >= 4 is 11.8 Å². The topological polar surface area (TPSA) is 136 Å². The number of aromatic hydroxyl groups is 1. The molecule has 0 aromatic heterocycles. The normalized spacial score (nSPS) is 11.8. The molecular formula is C9H10N2O6. The molecule has 8 heteroatoms. The largest absolute Gasteiger partial charge is 0.502 e. The van der Waals surface area contributed by atoms with Gasteiger partial charge in [-0.1, -0.05) is 6.07 Å². The van der Waals surface area contributed by atoms with Crippen molar-refractivity contribution in [1.29, 1.82) is 0 Å². The number of ether oxygens (including phenoxy) is 1. The van der Waals surface area contributed by atoms with Crippen molar-refractivity contribution < 1.29 is 24.7 Å². The number of nitro groups is 1. The van der Waals surface area contributed by atoms with Gasteiger partial charge in [-0.2, -0.15) is 0 Å². The zero-order chi connectivity index (χ0) is 13.0. The van der Waals surface area contributed by atoms with Gasteiger partial charge in [0.2, 0.25) is 0 Å². The summed E-state index contributed by atoms with van der Waals surface area (Å²) >= 11 is 0. The summed E-state index contributed by atoms with van der Waals surface area (Å²) in [5.74, 6) is -0.512. The van der Waals surface area contributed by atoms with Crippen molar-refractivity contribution in [2.75, 3.05) is 6.61 Å². The highest BCUT2D eigenvalue weighted by Crippen LogP contribution is 2.28. The van der Waals surface area contributed by atoms with E-state index in [9.17, 15) is 25.1 Å². The Balaban J connectivity index is 2.87. The number of aliphatic hydroxyl groups is 1. The number of nitrogens with zero attached hydrogens (tertiary/aromatic N) is 1. The van der Waals surface area contributed by atoms with Crippen LogP contribution in [0.15, 0.2) is 18.2 Å². The number of hydrogen-bond donors (Lipinski definition) is 3. The Morgan fingerprint density at radius 3 is 2.76 bits per heavy atom. The van der Waals surface area contributed by atoms with Crippen LogP contribution in [0, 0.1) is 10.1 Å². The van der Waals surface area contributed by atoms with Gasteiger partial charge in [0.1, 0.15) is 12.7 Å².